The monoisotopic (exact) mass is 281 g/mol. The van der Waals surface area contributed by atoms with Crippen LogP contribution in [0.25, 0.3) is 0 Å². The average Bonchev–Trinajstić information content (AvgIpc) is 2.20. The third kappa shape index (κ3) is 8.82. The molecule has 0 saturated carbocycles. The second-order valence-electron chi connectivity index (χ2n) is 4.73. The van der Waals surface area contributed by atoms with Gasteiger partial charge in [-0.2, -0.15) is 0 Å². The Bertz CT molecular complexity index is 307. The highest BCUT2D eigenvalue weighted by molar-refractivity contribution is 7.88. The van der Waals surface area contributed by atoms with E-state index in [1.807, 2.05) is 25.9 Å². The summed E-state index contributed by atoms with van der Waals surface area (Å²) in [6, 6.07) is 0. The van der Waals surface area contributed by atoms with Gasteiger partial charge in [0.15, 0.2) is 0 Å². The first kappa shape index (κ1) is 17.8. The van der Waals surface area contributed by atoms with Gasteiger partial charge in [-0.05, 0) is 27.1 Å². The van der Waals surface area contributed by atoms with Gasteiger partial charge >= 0.3 is 0 Å². The molecule has 0 radical (unpaired) electrons. The van der Waals surface area contributed by atoms with Gasteiger partial charge in [-0.15, -0.1) is 0 Å². The predicted octanol–water partition coefficient (Wildman–Crippen LogP) is -0.830. The number of nitrogens with zero attached hydrogens (tertiary/aromatic N) is 2. The van der Waals surface area contributed by atoms with E-state index < -0.39 is 16.1 Å². The second-order valence-corrected chi connectivity index (χ2v) is 6.71. The Kier molecular flexibility index (Phi) is 8.71. The number of hydrogen-bond acceptors (Lipinski definition) is 5. The SMILES string of the molecule is CCN(CCCNCC(O)CN(C)C)S(C)(=O)=O. The topological polar surface area (TPSA) is 72.9 Å². The van der Waals surface area contributed by atoms with Crippen LogP contribution in [0.3, 0.4) is 0 Å². The van der Waals surface area contributed by atoms with Crippen molar-refractivity contribution in [2.24, 2.45) is 0 Å². The van der Waals surface area contributed by atoms with Crippen molar-refractivity contribution in [2.75, 3.05) is 53.1 Å². The summed E-state index contributed by atoms with van der Waals surface area (Å²) in [7, 11) is 0.737. The molecule has 1 atom stereocenters. The van der Waals surface area contributed by atoms with Gasteiger partial charge in [0.2, 0.25) is 10.0 Å². The van der Waals surface area contributed by atoms with Crippen molar-refractivity contribution in [1.82, 2.24) is 14.5 Å². The number of rotatable bonds is 10. The molecule has 0 bridgehead atoms. The van der Waals surface area contributed by atoms with Crippen LogP contribution in [0, 0.1) is 0 Å². The molecule has 110 valence electrons. The van der Waals surface area contributed by atoms with Crippen molar-refractivity contribution in [3.63, 3.8) is 0 Å². The lowest BCUT2D eigenvalue weighted by atomic mass is 10.3. The summed E-state index contributed by atoms with van der Waals surface area (Å²) in [6.07, 6.45) is 1.58. The summed E-state index contributed by atoms with van der Waals surface area (Å²) >= 11 is 0. The minimum Gasteiger partial charge on any atom is -0.390 e. The standard InChI is InChI=1S/C11H27N3O3S/c1-5-14(18(4,16)17)8-6-7-12-9-11(15)10-13(2)3/h11-12,15H,5-10H2,1-4H3. The quantitative estimate of drug-likeness (QED) is 0.511. The molecule has 0 aliphatic rings. The molecule has 0 heterocycles. The van der Waals surface area contributed by atoms with E-state index in [1.54, 1.807) is 0 Å². The van der Waals surface area contributed by atoms with E-state index in [0.717, 1.165) is 6.42 Å². The molecule has 0 spiro atoms. The van der Waals surface area contributed by atoms with Crippen molar-refractivity contribution in [2.45, 2.75) is 19.4 Å². The number of hydrogen-bond donors (Lipinski definition) is 2. The average molecular weight is 281 g/mol. The summed E-state index contributed by atoms with van der Waals surface area (Å²) in [6.45, 7) is 4.71. The molecule has 0 saturated heterocycles. The van der Waals surface area contributed by atoms with Gasteiger partial charge in [0, 0.05) is 26.2 Å². The number of sulfonamides is 1. The van der Waals surface area contributed by atoms with Gasteiger partial charge in [-0.3, -0.25) is 0 Å². The molecule has 7 heteroatoms. The minimum absolute atomic E-state index is 0.391. The summed E-state index contributed by atoms with van der Waals surface area (Å²) < 4.78 is 24.1. The van der Waals surface area contributed by atoms with Gasteiger partial charge < -0.3 is 15.3 Å². The van der Waals surface area contributed by atoms with Crippen LogP contribution in [0.4, 0.5) is 0 Å². The van der Waals surface area contributed by atoms with Crippen molar-refractivity contribution < 1.29 is 13.5 Å². The maximum Gasteiger partial charge on any atom is 0.211 e. The van der Waals surface area contributed by atoms with Crippen LogP contribution in [-0.4, -0.2) is 81.9 Å². The molecule has 0 amide bonds. The van der Waals surface area contributed by atoms with Crippen molar-refractivity contribution in [3.05, 3.63) is 0 Å². The van der Waals surface area contributed by atoms with Crippen LogP contribution in [0.15, 0.2) is 0 Å². The van der Waals surface area contributed by atoms with Crippen LogP contribution in [0.2, 0.25) is 0 Å². The van der Waals surface area contributed by atoms with Crippen molar-refractivity contribution >= 4 is 10.0 Å². The molecule has 0 fully saturated rings. The fourth-order valence-corrected chi connectivity index (χ4v) is 2.62. The van der Waals surface area contributed by atoms with Gasteiger partial charge in [0.05, 0.1) is 12.4 Å². The van der Waals surface area contributed by atoms with E-state index in [9.17, 15) is 13.5 Å². The Morgan fingerprint density at radius 2 is 1.94 bits per heavy atom. The first-order chi connectivity index (χ1) is 8.27. The van der Waals surface area contributed by atoms with Crippen LogP contribution in [-0.2, 0) is 10.0 Å². The maximum absolute atomic E-state index is 11.3. The fourth-order valence-electron chi connectivity index (χ4n) is 1.69. The van der Waals surface area contributed by atoms with Gasteiger partial charge in [0.1, 0.15) is 0 Å². The highest BCUT2D eigenvalue weighted by Gasteiger charge is 2.13. The number of nitrogens with one attached hydrogen (secondary N) is 1. The third-order valence-corrected chi connectivity index (χ3v) is 3.92. The smallest absolute Gasteiger partial charge is 0.211 e. The molecule has 18 heavy (non-hydrogen) atoms. The molecule has 0 rings (SSSR count). The lowest BCUT2D eigenvalue weighted by Gasteiger charge is -2.19. The van der Waals surface area contributed by atoms with E-state index in [1.165, 1.54) is 10.6 Å². The zero-order valence-corrected chi connectivity index (χ0v) is 12.7. The summed E-state index contributed by atoms with van der Waals surface area (Å²) in [5, 5.41) is 12.7. The van der Waals surface area contributed by atoms with Crippen LogP contribution < -0.4 is 5.32 Å². The van der Waals surface area contributed by atoms with E-state index in [0.29, 0.717) is 32.7 Å². The molecule has 1 unspecified atom stereocenters. The molecular weight excluding hydrogens is 254 g/mol. The summed E-state index contributed by atoms with van der Waals surface area (Å²) in [4.78, 5) is 1.93. The number of likely N-dealkylation sites (N-methyl/N-ethyl adjacent to an activating group) is 1. The third-order valence-electron chi connectivity index (χ3n) is 2.54. The van der Waals surface area contributed by atoms with Gasteiger partial charge in [0.25, 0.3) is 0 Å². The zero-order valence-electron chi connectivity index (χ0n) is 11.9. The van der Waals surface area contributed by atoms with Gasteiger partial charge in [-0.1, -0.05) is 6.92 Å². The zero-order chi connectivity index (χ0) is 14.2. The van der Waals surface area contributed by atoms with E-state index >= 15 is 0 Å². The van der Waals surface area contributed by atoms with E-state index in [4.69, 9.17) is 0 Å². The first-order valence-corrected chi connectivity index (χ1v) is 8.10. The lowest BCUT2D eigenvalue weighted by Crippen LogP contribution is -2.37. The Morgan fingerprint density at radius 1 is 1.33 bits per heavy atom. The molecule has 0 aliphatic carbocycles. The largest absolute Gasteiger partial charge is 0.390 e. The van der Waals surface area contributed by atoms with Gasteiger partial charge in [-0.25, -0.2) is 12.7 Å². The number of aliphatic hydroxyl groups excluding tert-OH is 1. The molecule has 0 aliphatic heterocycles. The molecule has 6 nitrogen and oxygen atoms in total. The molecule has 0 aromatic carbocycles. The van der Waals surface area contributed by atoms with Crippen LogP contribution >= 0.6 is 0 Å². The van der Waals surface area contributed by atoms with E-state index in [-0.39, 0.29) is 0 Å². The minimum atomic E-state index is -3.08. The Hall–Kier alpha value is -0.210. The second kappa shape index (κ2) is 8.82. The van der Waals surface area contributed by atoms with Crippen molar-refractivity contribution in [1.29, 1.82) is 0 Å². The Morgan fingerprint density at radius 3 is 2.39 bits per heavy atom. The maximum atomic E-state index is 11.3. The lowest BCUT2D eigenvalue weighted by molar-refractivity contribution is 0.135. The normalized spacial score (nSPS) is 14.4. The van der Waals surface area contributed by atoms with Crippen LogP contribution in [0.5, 0.6) is 0 Å². The molecule has 0 aromatic rings. The molecule has 2 N–H and O–H groups in total. The first-order valence-electron chi connectivity index (χ1n) is 6.26. The summed E-state index contributed by atoms with van der Waals surface area (Å²) in [5.41, 5.74) is 0. The van der Waals surface area contributed by atoms with Crippen LogP contribution in [0.1, 0.15) is 13.3 Å². The van der Waals surface area contributed by atoms with E-state index in [2.05, 4.69) is 5.32 Å². The van der Waals surface area contributed by atoms with Crippen molar-refractivity contribution in [3.8, 4) is 0 Å². The molecular formula is C11H27N3O3S. The highest BCUT2D eigenvalue weighted by Crippen LogP contribution is 1.98. The Balaban J connectivity index is 3.68. The number of aliphatic hydroxyl groups is 1. The highest BCUT2D eigenvalue weighted by atomic mass is 32.2. The Labute approximate surface area is 111 Å². The molecule has 0 aromatic heterocycles. The fraction of sp³-hybridized carbons (Fsp3) is 1.00. The summed E-state index contributed by atoms with van der Waals surface area (Å²) in [5.74, 6) is 0. The predicted molar refractivity (Wildman–Crippen MR) is 74.1 cm³/mol.